The number of ether oxygens (including phenoxy) is 2. The van der Waals surface area contributed by atoms with Crippen molar-refractivity contribution in [3.63, 3.8) is 0 Å². The van der Waals surface area contributed by atoms with E-state index in [2.05, 4.69) is 5.10 Å². The number of aromatic nitrogens is 2. The minimum atomic E-state index is 0.453. The van der Waals surface area contributed by atoms with Crippen LogP contribution < -0.4 is 10.5 Å². The van der Waals surface area contributed by atoms with E-state index in [0.717, 1.165) is 11.3 Å². The molecule has 0 bridgehead atoms. The van der Waals surface area contributed by atoms with E-state index in [-0.39, 0.29) is 0 Å². The maximum Gasteiger partial charge on any atom is 0.165 e. The highest BCUT2D eigenvalue weighted by Crippen LogP contribution is 2.25. The van der Waals surface area contributed by atoms with E-state index >= 15 is 0 Å². The van der Waals surface area contributed by atoms with Gasteiger partial charge in [-0.1, -0.05) is 17.7 Å². The summed E-state index contributed by atoms with van der Waals surface area (Å²) >= 11 is 0. The van der Waals surface area contributed by atoms with Gasteiger partial charge < -0.3 is 15.2 Å². The van der Waals surface area contributed by atoms with Crippen molar-refractivity contribution in [3.05, 3.63) is 41.7 Å². The van der Waals surface area contributed by atoms with Crippen LogP contribution in [0.3, 0.4) is 0 Å². The summed E-state index contributed by atoms with van der Waals surface area (Å²) in [4.78, 5) is 0. The molecule has 0 radical (unpaired) electrons. The summed E-state index contributed by atoms with van der Waals surface area (Å²) < 4.78 is 12.6. The predicted octanol–water partition coefficient (Wildman–Crippen LogP) is 2.09. The molecule has 0 saturated heterocycles. The Bertz CT molecular complexity index is 537. The Morgan fingerprint density at radius 3 is 2.95 bits per heavy atom. The van der Waals surface area contributed by atoms with Gasteiger partial charge in [0.05, 0.1) is 25.5 Å². The molecule has 0 spiro atoms. The molecule has 0 aliphatic rings. The number of aryl methyl sites for hydroxylation is 1. The van der Waals surface area contributed by atoms with Gasteiger partial charge >= 0.3 is 0 Å². The largest absolute Gasteiger partial charge is 0.454 e. The average molecular weight is 261 g/mol. The summed E-state index contributed by atoms with van der Waals surface area (Å²) in [5, 5.41) is 4.20. The van der Waals surface area contributed by atoms with Crippen molar-refractivity contribution in [3.8, 4) is 11.5 Å². The number of methoxy groups -OCH3 is 1. The monoisotopic (exact) mass is 261 g/mol. The Morgan fingerprint density at radius 2 is 2.21 bits per heavy atom. The van der Waals surface area contributed by atoms with Gasteiger partial charge in [0.2, 0.25) is 0 Å². The molecule has 0 atom stereocenters. The molecule has 102 valence electrons. The van der Waals surface area contributed by atoms with Crippen molar-refractivity contribution in [1.29, 1.82) is 0 Å². The first-order valence-corrected chi connectivity index (χ1v) is 6.21. The molecule has 2 aromatic rings. The van der Waals surface area contributed by atoms with Gasteiger partial charge in [0, 0.05) is 19.2 Å². The Hall–Kier alpha value is -1.85. The molecular formula is C14H19N3O2. The second-order valence-corrected chi connectivity index (χ2v) is 4.35. The summed E-state index contributed by atoms with van der Waals surface area (Å²) in [7, 11) is 1.67. The van der Waals surface area contributed by atoms with Gasteiger partial charge in [-0.3, -0.25) is 4.68 Å². The van der Waals surface area contributed by atoms with Crippen LogP contribution in [0.4, 0.5) is 0 Å². The first-order chi connectivity index (χ1) is 9.22. The maximum atomic E-state index is 5.81. The lowest BCUT2D eigenvalue weighted by atomic mass is 10.1. The highest BCUT2D eigenvalue weighted by Gasteiger charge is 2.06. The van der Waals surface area contributed by atoms with Crippen LogP contribution in [0.2, 0.25) is 0 Å². The molecule has 5 heteroatoms. The Balaban J connectivity index is 2.10. The van der Waals surface area contributed by atoms with Gasteiger partial charge in [0.1, 0.15) is 5.75 Å². The van der Waals surface area contributed by atoms with E-state index in [1.165, 1.54) is 5.56 Å². The number of hydrogen-bond donors (Lipinski definition) is 1. The molecule has 0 fully saturated rings. The van der Waals surface area contributed by atoms with Crippen LogP contribution in [0.25, 0.3) is 0 Å². The molecule has 19 heavy (non-hydrogen) atoms. The molecule has 0 saturated carbocycles. The summed E-state index contributed by atoms with van der Waals surface area (Å²) in [5.41, 5.74) is 7.89. The third-order valence-electron chi connectivity index (χ3n) is 2.80. The van der Waals surface area contributed by atoms with Crippen molar-refractivity contribution in [2.75, 3.05) is 13.7 Å². The molecule has 2 N–H and O–H groups in total. The van der Waals surface area contributed by atoms with Gasteiger partial charge in [0.25, 0.3) is 0 Å². The van der Waals surface area contributed by atoms with Crippen LogP contribution in [-0.4, -0.2) is 23.5 Å². The minimum Gasteiger partial charge on any atom is -0.454 e. The molecule has 5 nitrogen and oxygen atoms in total. The standard InChI is InChI=1S/C14H19N3O2/c1-11-3-4-14(12(7-11)8-15)19-13-9-16-17(10-13)5-6-18-2/h3-4,7,9-10H,5-6,8,15H2,1-2H3. The number of nitrogens with two attached hydrogens (primary N) is 1. The van der Waals surface area contributed by atoms with Crippen molar-refractivity contribution in [2.24, 2.45) is 5.73 Å². The normalized spacial score (nSPS) is 10.7. The van der Waals surface area contributed by atoms with E-state index in [4.69, 9.17) is 15.2 Å². The molecule has 1 aromatic carbocycles. The molecule has 1 heterocycles. The third kappa shape index (κ3) is 3.56. The molecular weight excluding hydrogens is 242 g/mol. The zero-order valence-corrected chi connectivity index (χ0v) is 11.3. The highest BCUT2D eigenvalue weighted by molar-refractivity contribution is 5.39. The Morgan fingerprint density at radius 1 is 1.37 bits per heavy atom. The van der Waals surface area contributed by atoms with Crippen LogP contribution in [0.5, 0.6) is 11.5 Å². The summed E-state index contributed by atoms with van der Waals surface area (Å²) in [6.45, 7) is 3.82. The van der Waals surface area contributed by atoms with E-state index < -0.39 is 0 Å². The van der Waals surface area contributed by atoms with Crippen LogP contribution in [-0.2, 0) is 17.8 Å². The van der Waals surface area contributed by atoms with Gasteiger partial charge in [0.15, 0.2) is 5.75 Å². The van der Waals surface area contributed by atoms with Crippen LogP contribution in [0.1, 0.15) is 11.1 Å². The average Bonchev–Trinajstić information content (AvgIpc) is 2.86. The van der Waals surface area contributed by atoms with E-state index in [1.807, 2.05) is 31.3 Å². The van der Waals surface area contributed by atoms with Crippen molar-refractivity contribution in [2.45, 2.75) is 20.0 Å². The second-order valence-electron chi connectivity index (χ2n) is 4.35. The first-order valence-electron chi connectivity index (χ1n) is 6.21. The Labute approximate surface area is 112 Å². The lowest BCUT2D eigenvalue weighted by Crippen LogP contribution is -2.03. The van der Waals surface area contributed by atoms with Gasteiger partial charge in [-0.15, -0.1) is 0 Å². The fraction of sp³-hybridized carbons (Fsp3) is 0.357. The predicted molar refractivity (Wildman–Crippen MR) is 73.2 cm³/mol. The third-order valence-corrected chi connectivity index (χ3v) is 2.80. The van der Waals surface area contributed by atoms with Crippen LogP contribution in [0, 0.1) is 6.92 Å². The quantitative estimate of drug-likeness (QED) is 0.865. The summed E-state index contributed by atoms with van der Waals surface area (Å²) in [6, 6.07) is 5.97. The number of benzene rings is 1. The fourth-order valence-electron chi connectivity index (χ4n) is 1.80. The van der Waals surface area contributed by atoms with Gasteiger partial charge in [-0.2, -0.15) is 5.10 Å². The van der Waals surface area contributed by atoms with Crippen molar-refractivity contribution in [1.82, 2.24) is 9.78 Å². The van der Waals surface area contributed by atoms with Gasteiger partial charge in [-0.25, -0.2) is 0 Å². The molecule has 2 rings (SSSR count). The maximum absolute atomic E-state index is 5.81. The molecule has 0 unspecified atom stereocenters. The number of nitrogens with zero attached hydrogens (tertiary/aromatic N) is 2. The molecule has 0 amide bonds. The topological polar surface area (TPSA) is 62.3 Å². The van der Waals surface area contributed by atoms with E-state index in [9.17, 15) is 0 Å². The lowest BCUT2D eigenvalue weighted by molar-refractivity contribution is 0.183. The number of hydrogen-bond acceptors (Lipinski definition) is 4. The smallest absolute Gasteiger partial charge is 0.165 e. The Kier molecular flexibility index (Phi) is 4.54. The van der Waals surface area contributed by atoms with Crippen LogP contribution in [0.15, 0.2) is 30.6 Å². The first kappa shape index (κ1) is 13.6. The van der Waals surface area contributed by atoms with Crippen molar-refractivity contribution < 1.29 is 9.47 Å². The molecule has 1 aromatic heterocycles. The second kappa shape index (κ2) is 6.36. The molecule has 0 aliphatic carbocycles. The van der Waals surface area contributed by atoms with E-state index in [0.29, 0.717) is 25.4 Å². The van der Waals surface area contributed by atoms with Crippen LogP contribution >= 0.6 is 0 Å². The SMILES string of the molecule is COCCn1cc(Oc2ccc(C)cc2CN)cn1. The zero-order chi connectivity index (χ0) is 13.7. The van der Waals surface area contributed by atoms with E-state index in [1.54, 1.807) is 18.0 Å². The van der Waals surface area contributed by atoms with Gasteiger partial charge in [-0.05, 0) is 13.0 Å². The zero-order valence-electron chi connectivity index (χ0n) is 11.3. The van der Waals surface area contributed by atoms with Crippen molar-refractivity contribution >= 4 is 0 Å². The fourth-order valence-corrected chi connectivity index (χ4v) is 1.80. The minimum absolute atomic E-state index is 0.453. The summed E-state index contributed by atoms with van der Waals surface area (Å²) in [5.74, 6) is 1.48. The highest BCUT2D eigenvalue weighted by atomic mass is 16.5. The molecule has 0 aliphatic heterocycles. The lowest BCUT2D eigenvalue weighted by Gasteiger charge is -2.09. The summed E-state index contributed by atoms with van der Waals surface area (Å²) in [6.07, 6.45) is 3.54. The number of rotatable bonds is 6.